The fraction of sp³-hybridized carbons (Fsp3) is 0.800. The van der Waals surface area contributed by atoms with Crippen molar-refractivity contribution in [3.05, 3.63) is 0 Å². The van der Waals surface area contributed by atoms with Gasteiger partial charge in [-0.3, -0.25) is 20.2 Å². The third-order valence-corrected chi connectivity index (χ3v) is 1.89. The van der Waals surface area contributed by atoms with Gasteiger partial charge in [0.05, 0.1) is 20.2 Å². The molecular weight excluding hydrogens is 210 g/mol. The summed E-state index contributed by atoms with van der Waals surface area (Å²) in [4.78, 5) is 21.9. The van der Waals surface area contributed by atoms with Gasteiger partial charge in [-0.1, -0.05) is 13.3 Å². The van der Waals surface area contributed by atoms with Crippen molar-refractivity contribution in [3.63, 3.8) is 0 Å². The zero-order valence-electron chi connectivity index (χ0n) is 9.97. The van der Waals surface area contributed by atoms with Crippen molar-refractivity contribution in [2.45, 2.75) is 19.8 Å². The second-order valence-electron chi connectivity index (χ2n) is 3.31. The quantitative estimate of drug-likeness (QED) is 0.275. The summed E-state index contributed by atoms with van der Waals surface area (Å²) in [5, 5.41) is 8.43. The number of ether oxygens (including phenoxy) is 1. The van der Waals surface area contributed by atoms with Crippen molar-refractivity contribution in [2.75, 3.05) is 33.4 Å². The van der Waals surface area contributed by atoms with Crippen LogP contribution in [0, 0.1) is 0 Å². The number of rotatable bonds is 9. The molecule has 0 aliphatic rings. The minimum absolute atomic E-state index is 0.0340. The van der Waals surface area contributed by atoms with Crippen molar-refractivity contribution >= 4 is 11.9 Å². The average molecular weight is 231 g/mol. The maximum atomic E-state index is 11.2. The van der Waals surface area contributed by atoms with Crippen LogP contribution in [-0.4, -0.2) is 45.3 Å². The first-order valence-electron chi connectivity index (χ1n) is 5.45. The van der Waals surface area contributed by atoms with Gasteiger partial charge in [-0.2, -0.15) is 0 Å². The second-order valence-corrected chi connectivity index (χ2v) is 3.31. The van der Waals surface area contributed by atoms with Crippen LogP contribution in [0.2, 0.25) is 0 Å². The Morgan fingerprint density at radius 1 is 1.19 bits per heavy atom. The monoisotopic (exact) mass is 231 g/mol. The Balaban J connectivity index is 3.24. The van der Waals surface area contributed by atoms with Gasteiger partial charge in [-0.05, 0) is 6.42 Å². The highest BCUT2D eigenvalue weighted by Gasteiger charge is 2.00. The molecule has 0 heterocycles. The van der Waals surface area contributed by atoms with Crippen molar-refractivity contribution < 1.29 is 14.3 Å². The van der Waals surface area contributed by atoms with E-state index in [9.17, 15) is 9.59 Å². The number of esters is 1. The first kappa shape index (κ1) is 14.9. The van der Waals surface area contributed by atoms with E-state index in [1.165, 1.54) is 7.11 Å². The molecule has 1 amide bonds. The molecule has 0 saturated heterocycles. The molecule has 0 aliphatic carbocycles. The molecule has 0 fully saturated rings. The van der Waals surface area contributed by atoms with Crippen LogP contribution in [0.15, 0.2) is 0 Å². The lowest BCUT2D eigenvalue weighted by Gasteiger charge is -2.06. The Labute approximate surface area is 96.1 Å². The van der Waals surface area contributed by atoms with E-state index < -0.39 is 0 Å². The smallest absolute Gasteiger partial charge is 0.319 e. The van der Waals surface area contributed by atoms with Crippen LogP contribution >= 0.6 is 0 Å². The molecule has 0 radical (unpaired) electrons. The first-order chi connectivity index (χ1) is 7.70. The van der Waals surface area contributed by atoms with E-state index in [0.29, 0.717) is 13.2 Å². The van der Waals surface area contributed by atoms with E-state index >= 15 is 0 Å². The Hall–Kier alpha value is -1.14. The predicted octanol–water partition coefficient (Wildman–Crippen LogP) is -0.788. The van der Waals surface area contributed by atoms with Crippen LogP contribution < -0.4 is 16.0 Å². The third-order valence-electron chi connectivity index (χ3n) is 1.89. The van der Waals surface area contributed by atoms with Crippen LogP contribution in [0.4, 0.5) is 0 Å². The highest BCUT2D eigenvalue weighted by molar-refractivity contribution is 5.77. The van der Waals surface area contributed by atoms with E-state index in [0.717, 1.165) is 12.8 Å². The maximum absolute atomic E-state index is 11.2. The van der Waals surface area contributed by atoms with E-state index in [-0.39, 0.29) is 25.0 Å². The summed E-state index contributed by atoms with van der Waals surface area (Å²) in [6.07, 6.45) is 2.06. The van der Waals surface area contributed by atoms with Crippen LogP contribution in [0.25, 0.3) is 0 Å². The molecular formula is C10H21N3O3. The Morgan fingerprint density at radius 3 is 2.50 bits per heavy atom. The Morgan fingerprint density at radius 2 is 1.88 bits per heavy atom. The lowest BCUT2D eigenvalue weighted by atomic mass is 10.3. The van der Waals surface area contributed by atoms with Crippen molar-refractivity contribution in [3.8, 4) is 0 Å². The molecule has 0 rings (SSSR count). The Kier molecular flexibility index (Phi) is 9.64. The summed E-state index contributed by atoms with van der Waals surface area (Å²) in [5.41, 5.74) is 0. The van der Waals surface area contributed by atoms with Gasteiger partial charge in [-0.25, -0.2) is 0 Å². The first-order valence-corrected chi connectivity index (χ1v) is 5.45. The Bertz CT molecular complexity index is 209. The van der Waals surface area contributed by atoms with Gasteiger partial charge < -0.3 is 10.1 Å². The fourth-order valence-corrected chi connectivity index (χ4v) is 0.968. The van der Waals surface area contributed by atoms with Gasteiger partial charge in [0, 0.05) is 13.2 Å². The van der Waals surface area contributed by atoms with Crippen molar-refractivity contribution in [1.82, 2.24) is 16.0 Å². The molecule has 0 aliphatic heterocycles. The molecule has 16 heavy (non-hydrogen) atoms. The van der Waals surface area contributed by atoms with Gasteiger partial charge in [-0.15, -0.1) is 0 Å². The number of hydrogen-bond donors (Lipinski definition) is 3. The number of unbranched alkanes of at least 4 members (excludes halogenated alkanes) is 1. The summed E-state index contributed by atoms with van der Waals surface area (Å²) in [6, 6.07) is 0. The average Bonchev–Trinajstić information content (AvgIpc) is 2.28. The molecule has 0 unspecified atom stereocenters. The van der Waals surface area contributed by atoms with E-state index in [2.05, 4.69) is 27.6 Å². The lowest BCUT2D eigenvalue weighted by molar-refractivity contribution is -0.139. The van der Waals surface area contributed by atoms with Crippen LogP contribution in [0.3, 0.4) is 0 Å². The van der Waals surface area contributed by atoms with E-state index in [4.69, 9.17) is 0 Å². The normalized spacial score (nSPS) is 9.88. The molecule has 0 aromatic rings. The number of amides is 1. The molecule has 0 aromatic carbocycles. The molecule has 0 aromatic heterocycles. The molecule has 3 N–H and O–H groups in total. The van der Waals surface area contributed by atoms with Gasteiger partial charge in [0.25, 0.3) is 0 Å². The van der Waals surface area contributed by atoms with Gasteiger partial charge >= 0.3 is 5.97 Å². The summed E-state index contributed by atoms with van der Waals surface area (Å²) in [6.45, 7) is 3.57. The minimum Gasteiger partial charge on any atom is -0.468 e. The van der Waals surface area contributed by atoms with Gasteiger partial charge in [0.2, 0.25) is 5.91 Å². The molecule has 0 spiro atoms. The minimum atomic E-state index is -0.325. The number of nitrogens with one attached hydrogen (secondary N) is 3. The zero-order valence-corrected chi connectivity index (χ0v) is 9.97. The van der Waals surface area contributed by atoms with E-state index in [1.54, 1.807) is 0 Å². The van der Waals surface area contributed by atoms with Gasteiger partial charge in [0.1, 0.15) is 0 Å². The summed E-state index contributed by atoms with van der Waals surface area (Å²) < 4.78 is 4.43. The highest BCUT2D eigenvalue weighted by Crippen LogP contribution is 1.81. The van der Waals surface area contributed by atoms with Crippen LogP contribution in [-0.2, 0) is 14.3 Å². The maximum Gasteiger partial charge on any atom is 0.319 e. The molecule has 94 valence electrons. The lowest BCUT2D eigenvalue weighted by Crippen LogP contribution is -2.39. The summed E-state index contributed by atoms with van der Waals surface area (Å²) in [7, 11) is 1.33. The molecule has 0 atom stereocenters. The summed E-state index contributed by atoms with van der Waals surface area (Å²) >= 11 is 0. The number of hydrogen-bond acceptors (Lipinski definition) is 5. The molecule has 0 saturated carbocycles. The van der Waals surface area contributed by atoms with Gasteiger partial charge in [0.15, 0.2) is 0 Å². The second kappa shape index (κ2) is 10.4. The fourth-order valence-electron chi connectivity index (χ4n) is 0.968. The van der Waals surface area contributed by atoms with Crippen molar-refractivity contribution in [2.24, 2.45) is 0 Å². The summed E-state index contributed by atoms with van der Waals surface area (Å²) in [5.74, 6) is -0.359. The SMILES string of the molecule is CCCCNC(=O)CNCNCC(=O)OC. The highest BCUT2D eigenvalue weighted by atomic mass is 16.5. The molecule has 6 heteroatoms. The number of methoxy groups -OCH3 is 1. The van der Waals surface area contributed by atoms with E-state index in [1.807, 2.05) is 0 Å². The van der Waals surface area contributed by atoms with Crippen LogP contribution in [0.5, 0.6) is 0 Å². The molecule has 0 bridgehead atoms. The molecule has 6 nitrogen and oxygen atoms in total. The standard InChI is InChI=1S/C10H21N3O3/c1-3-4-5-13-9(14)6-11-8-12-7-10(15)16-2/h11-12H,3-8H2,1-2H3,(H,13,14). The third kappa shape index (κ3) is 9.42. The number of carbonyl (C=O) groups is 2. The van der Waals surface area contributed by atoms with Crippen LogP contribution in [0.1, 0.15) is 19.8 Å². The topological polar surface area (TPSA) is 79.5 Å². The van der Waals surface area contributed by atoms with Crippen molar-refractivity contribution in [1.29, 1.82) is 0 Å². The largest absolute Gasteiger partial charge is 0.468 e. The predicted molar refractivity (Wildman–Crippen MR) is 60.8 cm³/mol. The number of carbonyl (C=O) groups excluding carboxylic acids is 2. The zero-order chi connectivity index (χ0) is 12.2.